The highest BCUT2D eigenvalue weighted by atomic mass is 35.7. The summed E-state index contributed by atoms with van der Waals surface area (Å²) in [5, 5.41) is 0. The molecule has 152 valence electrons. The molecule has 1 saturated heterocycles. The molecule has 0 spiro atoms. The van der Waals surface area contributed by atoms with Crippen molar-refractivity contribution in [1.29, 1.82) is 0 Å². The third-order valence-corrected chi connectivity index (χ3v) is 4.64. The summed E-state index contributed by atoms with van der Waals surface area (Å²) in [6.45, 7) is 11.2. The summed E-state index contributed by atoms with van der Waals surface area (Å²) in [5.41, 5.74) is -1.32. The van der Waals surface area contributed by atoms with Gasteiger partial charge >= 0.3 is 12.2 Å². The maximum atomic E-state index is 12.4. The van der Waals surface area contributed by atoms with Crippen molar-refractivity contribution in [1.82, 2.24) is 9.80 Å². The molecule has 0 aliphatic carbocycles. The molecule has 0 aromatic heterocycles. The van der Waals surface area contributed by atoms with Crippen molar-refractivity contribution in [2.45, 2.75) is 65.2 Å². The third-order valence-electron chi connectivity index (χ3n) is 3.46. The van der Waals surface area contributed by atoms with Crippen molar-refractivity contribution < 1.29 is 27.5 Å². The van der Waals surface area contributed by atoms with E-state index in [1.807, 2.05) is 0 Å². The second-order valence-corrected chi connectivity index (χ2v) is 11.2. The van der Waals surface area contributed by atoms with Gasteiger partial charge in [0.15, 0.2) is 0 Å². The Hall–Kier alpha value is -1.22. The summed E-state index contributed by atoms with van der Waals surface area (Å²) in [6.07, 6.45) is -0.942. The van der Waals surface area contributed by atoms with Gasteiger partial charge in [-0.05, 0) is 48.0 Å². The highest BCUT2D eigenvalue weighted by Gasteiger charge is 2.36. The number of halogens is 1. The molecule has 1 aliphatic heterocycles. The summed E-state index contributed by atoms with van der Waals surface area (Å²) in [4.78, 5) is 27.7. The fourth-order valence-corrected chi connectivity index (χ4v) is 3.25. The van der Waals surface area contributed by atoms with Gasteiger partial charge in [0, 0.05) is 30.3 Å². The van der Waals surface area contributed by atoms with Crippen LogP contribution in [0.25, 0.3) is 0 Å². The fourth-order valence-electron chi connectivity index (χ4n) is 2.43. The van der Waals surface area contributed by atoms with Crippen LogP contribution in [0, 0.1) is 0 Å². The van der Waals surface area contributed by atoms with Gasteiger partial charge in [0.05, 0.1) is 11.8 Å². The van der Waals surface area contributed by atoms with Crippen molar-refractivity contribution in [2.75, 3.05) is 25.4 Å². The van der Waals surface area contributed by atoms with Gasteiger partial charge in [-0.25, -0.2) is 18.0 Å². The molecule has 1 heterocycles. The van der Waals surface area contributed by atoms with Crippen LogP contribution in [0.1, 0.15) is 48.0 Å². The third kappa shape index (κ3) is 8.44. The lowest BCUT2D eigenvalue weighted by Crippen LogP contribution is -2.58. The van der Waals surface area contributed by atoms with E-state index in [1.165, 1.54) is 9.80 Å². The second-order valence-electron chi connectivity index (χ2n) is 8.29. The van der Waals surface area contributed by atoms with Gasteiger partial charge in [0.1, 0.15) is 11.2 Å². The van der Waals surface area contributed by atoms with E-state index in [1.54, 1.807) is 41.5 Å². The van der Waals surface area contributed by atoms with E-state index in [-0.39, 0.29) is 31.8 Å². The number of carbonyl (C=O) groups is 2. The highest BCUT2D eigenvalue weighted by Crippen LogP contribution is 2.20. The predicted molar refractivity (Wildman–Crippen MR) is 98.8 cm³/mol. The Bertz CT molecular complexity index is 624. The van der Waals surface area contributed by atoms with Crippen LogP contribution in [0.4, 0.5) is 9.59 Å². The summed E-state index contributed by atoms with van der Waals surface area (Å²) in [6, 6.07) is -0.528. The summed E-state index contributed by atoms with van der Waals surface area (Å²) < 4.78 is 33.4. The normalized spacial score (nSPS) is 19.3. The SMILES string of the molecule is CC(C)(C)OC(=O)N1CCN(C(=O)OC(C)(C)C)C(CCS(=O)(=O)Cl)C1. The van der Waals surface area contributed by atoms with Gasteiger partial charge in [-0.15, -0.1) is 0 Å². The van der Waals surface area contributed by atoms with Gasteiger partial charge in [-0.1, -0.05) is 0 Å². The quantitative estimate of drug-likeness (QED) is 0.661. The van der Waals surface area contributed by atoms with Crippen molar-refractivity contribution in [3.05, 3.63) is 0 Å². The molecule has 1 unspecified atom stereocenters. The zero-order valence-corrected chi connectivity index (χ0v) is 17.8. The molecule has 0 radical (unpaired) electrons. The molecule has 1 aliphatic rings. The van der Waals surface area contributed by atoms with E-state index in [0.29, 0.717) is 0 Å². The summed E-state index contributed by atoms with van der Waals surface area (Å²) in [5.74, 6) is -0.305. The zero-order chi connectivity index (χ0) is 20.3. The minimum absolute atomic E-state index is 0.102. The first-order valence-electron chi connectivity index (χ1n) is 8.47. The number of nitrogens with zero attached hydrogens (tertiary/aromatic N) is 2. The van der Waals surface area contributed by atoms with E-state index in [4.69, 9.17) is 20.2 Å². The van der Waals surface area contributed by atoms with E-state index in [0.717, 1.165) is 0 Å². The van der Waals surface area contributed by atoms with Crippen molar-refractivity contribution in [3.8, 4) is 0 Å². The number of carbonyl (C=O) groups excluding carboxylic acids is 2. The van der Waals surface area contributed by atoms with Crippen LogP contribution in [-0.4, -0.2) is 73.0 Å². The van der Waals surface area contributed by atoms with Crippen LogP contribution >= 0.6 is 10.7 Å². The number of rotatable bonds is 3. The number of hydrogen-bond donors (Lipinski definition) is 0. The minimum Gasteiger partial charge on any atom is -0.444 e. The minimum atomic E-state index is -3.72. The van der Waals surface area contributed by atoms with Crippen LogP contribution < -0.4 is 0 Å². The number of hydrogen-bond acceptors (Lipinski definition) is 6. The fraction of sp³-hybridized carbons (Fsp3) is 0.875. The molecule has 0 aromatic rings. The maximum absolute atomic E-state index is 12.4. The first-order valence-corrected chi connectivity index (χ1v) is 11.0. The molecule has 1 atom stereocenters. The second kappa shape index (κ2) is 8.21. The largest absolute Gasteiger partial charge is 0.444 e. The van der Waals surface area contributed by atoms with E-state index in [9.17, 15) is 18.0 Å². The smallest absolute Gasteiger partial charge is 0.410 e. The topological polar surface area (TPSA) is 93.2 Å². The summed E-state index contributed by atoms with van der Waals surface area (Å²) in [7, 11) is 1.59. The van der Waals surface area contributed by atoms with Crippen molar-refractivity contribution in [3.63, 3.8) is 0 Å². The van der Waals surface area contributed by atoms with Crippen LogP contribution in [0.2, 0.25) is 0 Å². The molecule has 2 amide bonds. The first kappa shape index (κ1) is 22.8. The Morgan fingerprint density at radius 3 is 1.96 bits per heavy atom. The zero-order valence-electron chi connectivity index (χ0n) is 16.2. The lowest BCUT2D eigenvalue weighted by atomic mass is 10.1. The lowest BCUT2D eigenvalue weighted by molar-refractivity contribution is -0.0150. The van der Waals surface area contributed by atoms with Gasteiger partial charge in [0.25, 0.3) is 0 Å². The molecule has 1 fully saturated rings. The van der Waals surface area contributed by atoms with Crippen molar-refractivity contribution >= 4 is 31.9 Å². The van der Waals surface area contributed by atoms with Gasteiger partial charge in [0.2, 0.25) is 9.05 Å². The Labute approximate surface area is 160 Å². The molecule has 0 saturated carbocycles. The lowest BCUT2D eigenvalue weighted by Gasteiger charge is -2.41. The Balaban J connectivity index is 2.89. The maximum Gasteiger partial charge on any atom is 0.410 e. The van der Waals surface area contributed by atoms with E-state index < -0.39 is 38.5 Å². The number of ether oxygens (including phenoxy) is 2. The predicted octanol–water partition coefficient (Wildman–Crippen LogP) is 2.80. The van der Waals surface area contributed by atoms with Crippen LogP contribution in [-0.2, 0) is 18.5 Å². The molecule has 26 heavy (non-hydrogen) atoms. The van der Waals surface area contributed by atoms with E-state index in [2.05, 4.69) is 0 Å². The van der Waals surface area contributed by atoms with E-state index >= 15 is 0 Å². The van der Waals surface area contributed by atoms with Crippen molar-refractivity contribution in [2.24, 2.45) is 0 Å². The molecular weight excluding hydrogens is 384 g/mol. The number of piperazine rings is 1. The molecule has 10 heteroatoms. The Morgan fingerprint density at radius 1 is 1.00 bits per heavy atom. The first-order chi connectivity index (χ1) is 11.6. The molecule has 0 N–H and O–H groups in total. The van der Waals surface area contributed by atoms with Crippen LogP contribution in [0.3, 0.4) is 0 Å². The Morgan fingerprint density at radius 2 is 1.50 bits per heavy atom. The molecule has 0 bridgehead atoms. The van der Waals surface area contributed by atoms with Gasteiger partial charge in [-0.3, -0.25) is 0 Å². The average molecular weight is 413 g/mol. The van der Waals surface area contributed by atoms with Gasteiger partial charge in [-0.2, -0.15) is 0 Å². The average Bonchev–Trinajstić information content (AvgIpc) is 2.40. The van der Waals surface area contributed by atoms with Crippen LogP contribution in [0.5, 0.6) is 0 Å². The van der Waals surface area contributed by atoms with Gasteiger partial charge < -0.3 is 19.3 Å². The standard InChI is InChI=1S/C16H29ClN2O6S/c1-15(2,3)24-13(20)18-8-9-19(14(21)25-16(4,5)6)12(11-18)7-10-26(17,22)23/h12H,7-11H2,1-6H3. The molecule has 0 aromatic carbocycles. The monoisotopic (exact) mass is 412 g/mol. The molecule has 8 nitrogen and oxygen atoms in total. The number of amides is 2. The molecular formula is C16H29ClN2O6S. The van der Waals surface area contributed by atoms with Crippen LogP contribution in [0.15, 0.2) is 0 Å². The highest BCUT2D eigenvalue weighted by molar-refractivity contribution is 8.13. The summed E-state index contributed by atoms with van der Waals surface area (Å²) >= 11 is 0. The molecule has 1 rings (SSSR count). The Kier molecular flexibility index (Phi) is 7.20.